The molecule has 1 heterocycles. The lowest BCUT2D eigenvalue weighted by atomic mass is 10.1. The quantitative estimate of drug-likeness (QED) is 0.940. The number of carbonyl (C=O) groups excluding carboxylic acids is 1. The van der Waals surface area contributed by atoms with Crippen molar-refractivity contribution in [3.8, 4) is 5.69 Å². The number of hydrogen-bond acceptors (Lipinski definition) is 2. The molecule has 1 N–H and O–H groups in total. The molecular formula is C16H20FN3O. The van der Waals surface area contributed by atoms with E-state index in [1.165, 1.54) is 12.1 Å². The monoisotopic (exact) mass is 289 g/mol. The highest BCUT2D eigenvalue weighted by atomic mass is 19.1. The number of rotatable bonds is 4. The van der Waals surface area contributed by atoms with E-state index in [0.29, 0.717) is 0 Å². The van der Waals surface area contributed by atoms with Crippen LogP contribution < -0.4 is 5.32 Å². The van der Waals surface area contributed by atoms with Crippen molar-refractivity contribution in [2.45, 2.75) is 33.7 Å². The van der Waals surface area contributed by atoms with Crippen LogP contribution in [0.15, 0.2) is 30.5 Å². The summed E-state index contributed by atoms with van der Waals surface area (Å²) in [5, 5.41) is 7.29. The summed E-state index contributed by atoms with van der Waals surface area (Å²) in [6, 6.07) is 6.04. The zero-order valence-electron chi connectivity index (χ0n) is 12.7. The Hall–Kier alpha value is -2.17. The highest BCUT2D eigenvalue weighted by Crippen LogP contribution is 2.20. The van der Waals surface area contributed by atoms with Gasteiger partial charge in [-0.05, 0) is 38.1 Å². The van der Waals surface area contributed by atoms with Gasteiger partial charge in [-0.1, -0.05) is 13.8 Å². The number of benzene rings is 1. The first-order valence-corrected chi connectivity index (χ1v) is 7.01. The third kappa shape index (κ3) is 3.29. The fourth-order valence-corrected chi connectivity index (χ4v) is 2.15. The van der Waals surface area contributed by atoms with Crippen LogP contribution >= 0.6 is 0 Å². The van der Waals surface area contributed by atoms with E-state index in [1.54, 1.807) is 23.0 Å². The Kier molecular flexibility index (Phi) is 4.40. The van der Waals surface area contributed by atoms with E-state index in [2.05, 4.69) is 10.4 Å². The first-order chi connectivity index (χ1) is 9.90. The second-order valence-corrected chi connectivity index (χ2v) is 5.46. The van der Waals surface area contributed by atoms with E-state index in [1.807, 2.05) is 27.7 Å². The summed E-state index contributed by atoms with van der Waals surface area (Å²) in [4.78, 5) is 11.8. The topological polar surface area (TPSA) is 46.9 Å². The average Bonchev–Trinajstić information content (AvgIpc) is 2.81. The first-order valence-electron chi connectivity index (χ1n) is 7.01. The molecule has 0 saturated heterocycles. The Balaban J connectivity index is 2.24. The number of aromatic nitrogens is 2. The maximum absolute atomic E-state index is 13.0. The predicted octanol–water partition coefficient (Wildman–Crippen LogP) is 3.15. The molecule has 112 valence electrons. The van der Waals surface area contributed by atoms with E-state index in [0.717, 1.165) is 16.9 Å². The average molecular weight is 289 g/mol. The minimum Gasteiger partial charge on any atom is -0.349 e. The van der Waals surface area contributed by atoms with Crippen molar-refractivity contribution in [3.05, 3.63) is 47.5 Å². The van der Waals surface area contributed by atoms with Crippen molar-refractivity contribution in [2.24, 2.45) is 5.92 Å². The third-order valence-corrected chi connectivity index (χ3v) is 3.47. The molecule has 5 heteroatoms. The molecule has 4 nitrogen and oxygen atoms in total. The molecule has 0 bridgehead atoms. The summed E-state index contributed by atoms with van der Waals surface area (Å²) in [5.74, 6) is -0.322. The lowest BCUT2D eigenvalue weighted by Crippen LogP contribution is -2.30. The Bertz CT molecular complexity index is 631. The molecule has 21 heavy (non-hydrogen) atoms. The summed E-state index contributed by atoms with van der Waals surface area (Å²) >= 11 is 0. The highest BCUT2D eigenvalue weighted by molar-refractivity contribution is 5.78. The smallest absolute Gasteiger partial charge is 0.223 e. The molecule has 2 rings (SSSR count). The van der Waals surface area contributed by atoms with Crippen LogP contribution in [0, 0.1) is 18.7 Å². The Morgan fingerprint density at radius 3 is 2.43 bits per heavy atom. The number of nitrogens with zero attached hydrogens (tertiary/aromatic N) is 2. The number of halogens is 1. The second kappa shape index (κ2) is 6.08. The van der Waals surface area contributed by atoms with Gasteiger partial charge in [0, 0.05) is 17.2 Å². The molecule has 1 aromatic heterocycles. The Morgan fingerprint density at radius 1 is 1.24 bits per heavy atom. The van der Waals surface area contributed by atoms with Crippen LogP contribution in [0.25, 0.3) is 5.69 Å². The van der Waals surface area contributed by atoms with Crippen molar-refractivity contribution >= 4 is 5.91 Å². The molecule has 0 unspecified atom stereocenters. The van der Waals surface area contributed by atoms with Crippen molar-refractivity contribution in [1.82, 2.24) is 15.1 Å². The van der Waals surface area contributed by atoms with Crippen LogP contribution in [-0.4, -0.2) is 15.7 Å². The van der Waals surface area contributed by atoms with E-state index in [9.17, 15) is 9.18 Å². The number of hydrogen-bond donors (Lipinski definition) is 1. The third-order valence-electron chi connectivity index (χ3n) is 3.47. The van der Waals surface area contributed by atoms with Gasteiger partial charge in [-0.15, -0.1) is 0 Å². The van der Waals surface area contributed by atoms with E-state index < -0.39 is 0 Å². The van der Waals surface area contributed by atoms with Gasteiger partial charge in [0.05, 0.1) is 17.9 Å². The van der Waals surface area contributed by atoms with Gasteiger partial charge in [-0.2, -0.15) is 5.10 Å². The van der Waals surface area contributed by atoms with Crippen LogP contribution in [0.1, 0.15) is 38.1 Å². The minimum absolute atomic E-state index is 0.0106. The lowest BCUT2D eigenvalue weighted by Gasteiger charge is -2.15. The maximum atomic E-state index is 13.0. The van der Waals surface area contributed by atoms with Gasteiger partial charge >= 0.3 is 0 Å². The van der Waals surface area contributed by atoms with Crippen molar-refractivity contribution in [3.63, 3.8) is 0 Å². The molecule has 0 radical (unpaired) electrons. The van der Waals surface area contributed by atoms with Crippen LogP contribution in [-0.2, 0) is 4.79 Å². The molecule has 0 fully saturated rings. The normalized spacial score (nSPS) is 12.5. The minimum atomic E-state index is -0.277. The number of amides is 1. The molecule has 0 aliphatic carbocycles. The first kappa shape index (κ1) is 15.2. The summed E-state index contributed by atoms with van der Waals surface area (Å²) in [6.07, 6.45) is 1.74. The van der Waals surface area contributed by atoms with E-state index in [-0.39, 0.29) is 23.7 Å². The van der Waals surface area contributed by atoms with Crippen LogP contribution in [0.5, 0.6) is 0 Å². The zero-order valence-corrected chi connectivity index (χ0v) is 12.7. The van der Waals surface area contributed by atoms with E-state index in [4.69, 9.17) is 0 Å². The Labute approximate surface area is 124 Å². The molecule has 0 aliphatic heterocycles. The lowest BCUT2D eigenvalue weighted by molar-refractivity contribution is -0.124. The van der Waals surface area contributed by atoms with E-state index >= 15 is 0 Å². The predicted molar refractivity (Wildman–Crippen MR) is 79.7 cm³/mol. The van der Waals surface area contributed by atoms with Crippen molar-refractivity contribution in [2.75, 3.05) is 0 Å². The molecule has 0 spiro atoms. The van der Waals surface area contributed by atoms with Gasteiger partial charge in [-0.25, -0.2) is 9.07 Å². The summed E-state index contributed by atoms with van der Waals surface area (Å²) in [6.45, 7) is 7.58. The second-order valence-electron chi connectivity index (χ2n) is 5.46. The van der Waals surface area contributed by atoms with Gasteiger partial charge < -0.3 is 5.32 Å². The zero-order chi connectivity index (χ0) is 15.6. The molecule has 0 aliphatic rings. The molecule has 1 amide bonds. The molecule has 2 aromatic rings. The molecule has 1 aromatic carbocycles. The molecular weight excluding hydrogens is 269 g/mol. The van der Waals surface area contributed by atoms with Crippen molar-refractivity contribution < 1.29 is 9.18 Å². The van der Waals surface area contributed by atoms with Gasteiger partial charge in [0.15, 0.2) is 0 Å². The largest absolute Gasteiger partial charge is 0.349 e. The summed E-state index contributed by atoms with van der Waals surface area (Å²) < 4.78 is 14.7. The fraction of sp³-hybridized carbons (Fsp3) is 0.375. The van der Waals surface area contributed by atoms with Crippen LogP contribution in [0.2, 0.25) is 0 Å². The fourth-order valence-electron chi connectivity index (χ4n) is 2.15. The van der Waals surface area contributed by atoms with Crippen molar-refractivity contribution in [1.29, 1.82) is 0 Å². The van der Waals surface area contributed by atoms with Gasteiger partial charge in [0.25, 0.3) is 0 Å². The summed E-state index contributed by atoms with van der Waals surface area (Å²) in [7, 11) is 0. The molecule has 1 atom stereocenters. The number of carbonyl (C=O) groups is 1. The van der Waals surface area contributed by atoms with Crippen LogP contribution in [0.3, 0.4) is 0 Å². The standard InChI is InChI=1S/C16H20FN3O/c1-10(2)16(21)19-11(3)15-9-18-20(12(15)4)14-7-5-13(17)6-8-14/h5-11H,1-4H3,(H,19,21)/t11-/m0/s1. The summed E-state index contributed by atoms with van der Waals surface area (Å²) in [5.41, 5.74) is 2.68. The van der Waals surface area contributed by atoms with Gasteiger partial charge in [-0.3, -0.25) is 4.79 Å². The highest BCUT2D eigenvalue weighted by Gasteiger charge is 2.17. The van der Waals surface area contributed by atoms with Gasteiger partial charge in [0.1, 0.15) is 5.82 Å². The number of nitrogens with one attached hydrogen (secondary N) is 1. The SMILES string of the molecule is Cc1c([C@H](C)NC(=O)C(C)C)cnn1-c1ccc(F)cc1. The van der Waals surface area contributed by atoms with Crippen LogP contribution in [0.4, 0.5) is 4.39 Å². The van der Waals surface area contributed by atoms with Gasteiger partial charge in [0.2, 0.25) is 5.91 Å². The maximum Gasteiger partial charge on any atom is 0.223 e. The Morgan fingerprint density at radius 2 is 1.86 bits per heavy atom. The molecule has 0 saturated carbocycles.